The molecule has 0 unspecified atom stereocenters. The van der Waals surface area contributed by atoms with Gasteiger partial charge in [-0.3, -0.25) is 4.79 Å². The Hall–Kier alpha value is -0.790. The summed E-state index contributed by atoms with van der Waals surface area (Å²) in [5.41, 5.74) is 0. The lowest BCUT2D eigenvalue weighted by Gasteiger charge is -2.04. The molecule has 0 fully saturated rings. The number of carboxylic acid groups (broad SMARTS) is 1. The van der Waals surface area contributed by atoms with Crippen molar-refractivity contribution in [3.05, 3.63) is 12.7 Å². The van der Waals surface area contributed by atoms with Gasteiger partial charge in [-0.15, -0.1) is 6.58 Å². The van der Waals surface area contributed by atoms with E-state index in [-0.39, 0.29) is 5.92 Å². The molecule has 0 saturated heterocycles. The minimum atomic E-state index is -0.675. The number of hydrogen-bond acceptors (Lipinski definition) is 1. The van der Waals surface area contributed by atoms with Gasteiger partial charge in [-0.25, -0.2) is 0 Å². The minimum Gasteiger partial charge on any atom is -0.481 e. The van der Waals surface area contributed by atoms with Crippen LogP contribution in [0.2, 0.25) is 0 Å². The summed E-state index contributed by atoms with van der Waals surface area (Å²) in [5, 5.41) is 8.61. The van der Waals surface area contributed by atoms with E-state index in [1.165, 1.54) is 12.8 Å². The monoisotopic (exact) mass is 184 g/mol. The number of carboxylic acids is 1. The second-order valence-corrected chi connectivity index (χ2v) is 3.52. The summed E-state index contributed by atoms with van der Waals surface area (Å²) >= 11 is 0. The Labute approximate surface area is 80.7 Å². The molecule has 0 radical (unpaired) electrons. The molecule has 1 N–H and O–H groups in total. The maximum atomic E-state index is 10.5. The Morgan fingerprint density at radius 3 is 2.54 bits per heavy atom. The average molecular weight is 184 g/mol. The van der Waals surface area contributed by atoms with Crippen LogP contribution in [0, 0.1) is 5.92 Å². The van der Waals surface area contributed by atoms with Crippen LogP contribution in [-0.2, 0) is 4.79 Å². The fourth-order valence-corrected chi connectivity index (χ4v) is 1.22. The number of unbranched alkanes of at least 4 members (excludes halogenated alkanes) is 4. The van der Waals surface area contributed by atoms with Crippen molar-refractivity contribution < 1.29 is 9.90 Å². The van der Waals surface area contributed by atoms with Gasteiger partial charge in [0.2, 0.25) is 0 Å². The highest BCUT2D eigenvalue weighted by molar-refractivity contribution is 5.69. The van der Waals surface area contributed by atoms with Gasteiger partial charge in [0.15, 0.2) is 0 Å². The van der Waals surface area contributed by atoms with Gasteiger partial charge in [-0.2, -0.15) is 0 Å². The third-order valence-corrected chi connectivity index (χ3v) is 2.22. The van der Waals surface area contributed by atoms with Crippen molar-refractivity contribution in [3.63, 3.8) is 0 Å². The maximum absolute atomic E-state index is 10.5. The van der Waals surface area contributed by atoms with Gasteiger partial charge in [0, 0.05) is 0 Å². The summed E-state index contributed by atoms with van der Waals surface area (Å²) in [5.74, 6) is -0.856. The summed E-state index contributed by atoms with van der Waals surface area (Å²) in [4.78, 5) is 10.5. The van der Waals surface area contributed by atoms with E-state index >= 15 is 0 Å². The highest BCUT2D eigenvalue weighted by Crippen LogP contribution is 2.11. The molecule has 0 aromatic rings. The normalized spacial score (nSPS) is 12.4. The van der Waals surface area contributed by atoms with Gasteiger partial charge in [0.1, 0.15) is 0 Å². The van der Waals surface area contributed by atoms with Crippen LogP contribution in [0.5, 0.6) is 0 Å². The number of rotatable bonds is 8. The van der Waals surface area contributed by atoms with Crippen molar-refractivity contribution in [2.24, 2.45) is 5.92 Å². The lowest BCUT2D eigenvalue weighted by molar-refractivity contribution is -0.141. The number of aliphatic carboxylic acids is 1. The molecule has 0 aliphatic rings. The van der Waals surface area contributed by atoms with Crippen LogP contribution in [-0.4, -0.2) is 11.1 Å². The molecule has 0 aromatic heterocycles. The van der Waals surface area contributed by atoms with Crippen LogP contribution in [0.3, 0.4) is 0 Å². The van der Waals surface area contributed by atoms with Crippen molar-refractivity contribution in [2.75, 3.05) is 0 Å². The average Bonchev–Trinajstić information content (AvgIpc) is 2.10. The van der Waals surface area contributed by atoms with Gasteiger partial charge in [-0.05, 0) is 19.3 Å². The molecule has 0 aliphatic heterocycles. The molecular weight excluding hydrogens is 164 g/mol. The molecule has 0 heterocycles. The minimum absolute atomic E-state index is 0.181. The van der Waals surface area contributed by atoms with E-state index in [0.29, 0.717) is 0 Å². The molecule has 2 nitrogen and oxygen atoms in total. The molecule has 0 bridgehead atoms. The topological polar surface area (TPSA) is 37.3 Å². The standard InChI is InChI=1S/C11H20O2/c1-3-4-5-6-7-8-9-10(2)11(12)13/h3,10H,1,4-9H2,2H3,(H,12,13)/t10-/m0/s1. The second-order valence-electron chi connectivity index (χ2n) is 3.52. The summed E-state index contributed by atoms with van der Waals surface area (Å²) in [6.07, 6.45) is 8.37. The molecule has 0 rings (SSSR count). The molecule has 2 heteroatoms. The van der Waals surface area contributed by atoms with Crippen LogP contribution < -0.4 is 0 Å². The molecular formula is C11H20O2. The smallest absolute Gasteiger partial charge is 0.306 e. The summed E-state index contributed by atoms with van der Waals surface area (Å²) in [7, 11) is 0. The molecule has 0 aliphatic carbocycles. The Kier molecular flexibility index (Phi) is 7.36. The zero-order valence-corrected chi connectivity index (χ0v) is 8.46. The fraction of sp³-hybridized carbons (Fsp3) is 0.727. The molecule has 13 heavy (non-hydrogen) atoms. The van der Waals surface area contributed by atoms with E-state index in [2.05, 4.69) is 6.58 Å². The highest BCUT2D eigenvalue weighted by atomic mass is 16.4. The highest BCUT2D eigenvalue weighted by Gasteiger charge is 2.08. The first-order valence-electron chi connectivity index (χ1n) is 5.02. The Balaban J connectivity index is 3.15. The Morgan fingerprint density at radius 2 is 2.00 bits per heavy atom. The Bertz CT molecular complexity index is 152. The zero-order chi connectivity index (χ0) is 10.1. The first kappa shape index (κ1) is 12.2. The fourth-order valence-electron chi connectivity index (χ4n) is 1.22. The van der Waals surface area contributed by atoms with E-state index in [0.717, 1.165) is 25.7 Å². The molecule has 0 saturated carbocycles. The second kappa shape index (κ2) is 7.84. The van der Waals surface area contributed by atoms with Crippen LogP contribution in [0.4, 0.5) is 0 Å². The zero-order valence-electron chi connectivity index (χ0n) is 8.46. The van der Waals surface area contributed by atoms with Crippen LogP contribution in [0.25, 0.3) is 0 Å². The third kappa shape index (κ3) is 7.57. The van der Waals surface area contributed by atoms with Gasteiger partial charge >= 0.3 is 5.97 Å². The number of hydrogen-bond donors (Lipinski definition) is 1. The summed E-state index contributed by atoms with van der Waals surface area (Å²) in [6.45, 7) is 5.42. The quantitative estimate of drug-likeness (QED) is 0.464. The largest absolute Gasteiger partial charge is 0.481 e. The van der Waals surface area contributed by atoms with Gasteiger partial charge in [0.05, 0.1) is 5.92 Å². The maximum Gasteiger partial charge on any atom is 0.306 e. The molecule has 0 aromatic carbocycles. The van der Waals surface area contributed by atoms with Crippen LogP contribution in [0.15, 0.2) is 12.7 Å². The number of carbonyl (C=O) groups is 1. The van der Waals surface area contributed by atoms with Gasteiger partial charge in [0.25, 0.3) is 0 Å². The summed E-state index contributed by atoms with van der Waals surface area (Å²) < 4.78 is 0. The third-order valence-electron chi connectivity index (χ3n) is 2.22. The van der Waals surface area contributed by atoms with Gasteiger partial charge < -0.3 is 5.11 Å². The Morgan fingerprint density at radius 1 is 1.38 bits per heavy atom. The lowest BCUT2D eigenvalue weighted by Crippen LogP contribution is -2.08. The first-order valence-corrected chi connectivity index (χ1v) is 5.02. The predicted octanol–water partition coefficient (Wildman–Crippen LogP) is 3.23. The summed E-state index contributed by atoms with van der Waals surface area (Å²) in [6, 6.07) is 0. The number of allylic oxidation sites excluding steroid dienone is 1. The SMILES string of the molecule is C=CCCCCCC[C@H](C)C(=O)O. The van der Waals surface area contributed by atoms with Crippen molar-refractivity contribution in [3.8, 4) is 0 Å². The van der Waals surface area contributed by atoms with Crippen molar-refractivity contribution in [1.82, 2.24) is 0 Å². The molecule has 1 atom stereocenters. The van der Waals surface area contributed by atoms with E-state index < -0.39 is 5.97 Å². The van der Waals surface area contributed by atoms with Crippen LogP contribution >= 0.6 is 0 Å². The van der Waals surface area contributed by atoms with Crippen LogP contribution in [0.1, 0.15) is 45.4 Å². The van der Waals surface area contributed by atoms with E-state index in [1.807, 2.05) is 6.08 Å². The molecule has 0 amide bonds. The van der Waals surface area contributed by atoms with E-state index in [1.54, 1.807) is 6.92 Å². The molecule has 76 valence electrons. The van der Waals surface area contributed by atoms with E-state index in [4.69, 9.17) is 5.11 Å². The van der Waals surface area contributed by atoms with Crippen molar-refractivity contribution >= 4 is 5.97 Å². The lowest BCUT2D eigenvalue weighted by atomic mass is 10.0. The molecule has 0 spiro atoms. The van der Waals surface area contributed by atoms with Gasteiger partial charge in [-0.1, -0.05) is 32.3 Å². The van der Waals surface area contributed by atoms with Crippen molar-refractivity contribution in [1.29, 1.82) is 0 Å². The first-order chi connectivity index (χ1) is 6.18. The predicted molar refractivity (Wildman–Crippen MR) is 54.7 cm³/mol. The van der Waals surface area contributed by atoms with E-state index in [9.17, 15) is 4.79 Å². The van der Waals surface area contributed by atoms with Crippen molar-refractivity contribution in [2.45, 2.75) is 45.4 Å².